The quantitative estimate of drug-likeness (QED) is 0.459. The Morgan fingerprint density at radius 2 is 1.91 bits per heavy atom. The van der Waals surface area contributed by atoms with Crippen LogP contribution in [0.3, 0.4) is 0 Å². The Balaban J connectivity index is 1.74. The predicted molar refractivity (Wildman–Crippen MR) is 114 cm³/mol. The van der Waals surface area contributed by atoms with E-state index < -0.39 is 11.7 Å². The van der Waals surface area contributed by atoms with Gasteiger partial charge >= 0.3 is 6.18 Å². The van der Waals surface area contributed by atoms with E-state index in [4.69, 9.17) is 14.2 Å². The van der Waals surface area contributed by atoms with Gasteiger partial charge in [0.05, 0.1) is 19.3 Å². The van der Waals surface area contributed by atoms with E-state index in [1.165, 1.54) is 36.6 Å². The number of nitrogens with zero attached hydrogens (tertiary/aromatic N) is 1. The number of amides is 1. The van der Waals surface area contributed by atoms with Crippen molar-refractivity contribution in [3.05, 3.63) is 64.7 Å². The van der Waals surface area contributed by atoms with Crippen molar-refractivity contribution in [1.29, 1.82) is 0 Å². The minimum absolute atomic E-state index is 0.0233. The first-order chi connectivity index (χ1) is 15.3. The summed E-state index contributed by atoms with van der Waals surface area (Å²) in [4.78, 5) is 16.5. The number of aromatic nitrogens is 1. The summed E-state index contributed by atoms with van der Waals surface area (Å²) in [6.07, 6.45) is -4.47. The topological polar surface area (TPSA) is 69.7 Å². The molecule has 10 heteroatoms. The molecule has 1 amide bonds. The molecule has 1 aromatic heterocycles. The van der Waals surface area contributed by atoms with Gasteiger partial charge in [0.2, 0.25) is 0 Å². The molecule has 0 spiro atoms. The first-order valence-corrected chi connectivity index (χ1v) is 10.4. The number of thiazole rings is 1. The maximum atomic E-state index is 13.2. The molecule has 3 rings (SSSR count). The number of rotatable bonds is 9. The van der Waals surface area contributed by atoms with Crippen LogP contribution in [0.25, 0.3) is 10.6 Å². The number of benzene rings is 2. The van der Waals surface area contributed by atoms with Gasteiger partial charge in [-0.25, -0.2) is 4.98 Å². The summed E-state index contributed by atoms with van der Waals surface area (Å²) in [7, 11) is 2.98. The summed E-state index contributed by atoms with van der Waals surface area (Å²) in [5, 5.41) is 4.93. The minimum Gasteiger partial charge on any atom is -0.493 e. The summed E-state index contributed by atoms with van der Waals surface area (Å²) >= 11 is 1.29. The lowest BCUT2D eigenvalue weighted by molar-refractivity contribution is -0.138. The highest BCUT2D eigenvalue weighted by molar-refractivity contribution is 7.13. The number of hydrogen-bond donors (Lipinski definition) is 1. The molecule has 2 aromatic carbocycles. The van der Waals surface area contributed by atoms with Gasteiger partial charge in [0.15, 0.2) is 11.5 Å². The van der Waals surface area contributed by atoms with Crippen LogP contribution in [0.2, 0.25) is 0 Å². The first kappa shape index (κ1) is 23.6. The van der Waals surface area contributed by atoms with Crippen LogP contribution in [-0.2, 0) is 17.5 Å². The molecule has 0 bridgehead atoms. The number of alkyl halides is 3. The van der Waals surface area contributed by atoms with Crippen LogP contribution in [0.4, 0.5) is 13.2 Å². The maximum absolute atomic E-state index is 13.2. The number of ether oxygens (including phenoxy) is 3. The van der Waals surface area contributed by atoms with E-state index in [-0.39, 0.29) is 23.8 Å². The molecule has 0 fully saturated rings. The molecule has 1 N–H and O–H groups in total. The van der Waals surface area contributed by atoms with Crippen molar-refractivity contribution >= 4 is 17.2 Å². The van der Waals surface area contributed by atoms with Crippen LogP contribution < -0.4 is 14.8 Å². The Kier molecular flexibility index (Phi) is 7.70. The van der Waals surface area contributed by atoms with Crippen molar-refractivity contribution in [2.75, 3.05) is 27.4 Å². The molecular weight excluding hydrogens is 445 g/mol. The van der Waals surface area contributed by atoms with Crippen LogP contribution in [-0.4, -0.2) is 38.3 Å². The number of carbonyl (C=O) groups excluding carboxylic acids is 1. The molecule has 0 aliphatic carbocycles. The summed E-state index contributed by atoms with van der Waals surface area (Å²) < 4.78 is 55.4. The summed E-state index contributed by atoms with van der Waals surface area (Å²) in [6, 6.07) is 10.2. The molecule has 1 heterocycles. The normalized spacial score (nSPS) is 11.3. The standard InChI is InChI=1S/C22H21F3N2O4S/c1-29-10-9-26-20(28)17-13-32-21(27-17)14-7-8-18(19(11-14)30-2)31-12-15-5-3-4-6-16(15)22(23,24)25/h3-8,11,13H,9-10,12H2,1-2H3,(H,26,28). The lowest BCUT2D eigenvalue weighted by Gasteiger charge is -2.15. The molecule has 0 aliphatic rings. The molecule has 170 valence electrons. The average molecular weight is 466 g/mol. The van der Waals surface area contributed by atoms with Crippen LogP contribution in [0.1, 0.15) is 21.6 Å². The minimum atomic E-state index is -4.47. The van der Waals surface area contributed by atoms with Gasteiger partial charge in [0.25, 0.3) is 5.91 Å². The highest BCUT2D eigenvalue weighted by atomic mass is 32.1. The van der Waals surface area contributed by atoms with E-state index in [2.05, 4.69) is 10.3 Å². The van der Waals surface area contributed by atoms with Crippen LogP contribution in [0, 0.1) is 0 Å². The first-order valence-electron chi connectivity index (χ1n) is 9.52. The molecule has 0 saturated carbocycles. The van der Waals surface area contributed by atoms with Crippen LogP contribution in [0.15, 0.2) is 47.8 Å². The summed E-state index contributed by atoms with van der Waals surface area (Å²) in [6.45, 7) is 0.503. The molecule has 0 radical (unpaired) electrons. The van der Waals surface area contributed by atoms with Gasteiger partial charge in [0, 0.05) is 30.2 Å². The fraction of sp³-hybridized carbons (Fsp3) is 0.273. The van der Waals surface area contributed by atoms with Gasteiger partial charge < -0.3 is 19.5 Å². The van der Waals surface area contributed by atoms with E-state index in [9.17, 15) is 18.0 Å². The van der Waals surface area contributed by atoms with E-state index in [0.29, 0.717) is 35.2 Å². The average Bonchev–Trinajstić information content (AvgIpc) is 3.28. The number of methoxy groups -OCH3 is 2. The van der Waals surface area contributed by atoms with Crippen molar-refractivity contribution in [2.24, 2.45) is 0 Å². The largest absolute Gasteiger partial charge is 0.493 e. The Bertz CT molecular complexity index is 1070. The predicted octanol–water partition coefficient (Wildman–Crippen LogP) is 4.79. The zero-order valence-electron chi connectivity index (χ0n) is 17.4. The Hall–Kier alpha value is -3.11. The Morgan fingerprint density at radius 3 is 2.62 bits per heavy atom. The molecule has 0 aliphatic heterocycles. The SMILES string of the molecule is COCCNC(=O)c1csc(-c2ccc(OCc3ccccc3C(F)(F)F)c(OC)c2)n1. The van der Waals surface area contributed by atoms with Gasteiger partial charge in [-0.05, 0) is 24.3 Å². The Morgan fingerprint density at radius 1 is 1.12 bits per heavy atom. The molecule has 0 unspecified atom stereocenters. The van der Waals surface area contributed by atoms with Gasteiger partial charge in [-0.3, -0.25) is 4.79 Å². The zero-order chi connectivity index (χ0) is 23.1. The van der Waals surface area contributed by atoms with Gasteiger partial charge in [0.1, 0.15) is 17.3 Å². The van der Waals surface area contributed by atoms with Crippen molar-refractivity contribution in [2.45, 2.75) is 12.8 Å². The number of hydrogen-bond acceptors (Lipinski definition) is 6. The van der Waals surface area contributed by atoms with Crippen molar-refractivity contribution in [3.63, 3.8) is 0 Å². The fourth-order valence-corrected chi connectivity index (χ4v) is 3.66. The fourth-order valence-electron chi connectivity index (χ4n) is 2.87. The molecule has 0 atom stereocenters. The zero-order valence-corrected chi connectivity index (χ0v) is 18.2. The van der Waals surface area contributed by atoms with Crippen molar-refractivity contribution < 1.29 is 32.2 Å². The van der Waals surface area contributed by atoms with E-state index >= 15 is 0 Å². The third kappa shape index (κ3) is 5.77. The number of halogens is 3. The molecule has 32 heavy (non-hydrogen) atoms. The highest BCUT2D eigenvalue weighted by Gasteiger charge is 2.33. The molecule has 0 saturated heterocycles. The summed E-state index contributed by atoms with van der Waals surface area (Å²) in [5.41, 5.74) is 0.250. The van der Waals surface area contributed by atoms with Crippen molar-refractivity contribution in [1.82, 2.24) is 10.3 Å². The lowest BCUT2D eigenvalue weighted by Crippen LogP contribution is -2.27. The van der Waals surface area contributed by atoms with Crippen LogP contribution in [0.5, 0.6) is 11.5 Å². The van der Waals surface area contributed by atoms with E-state index in [1.807, 2.05) is 0 Å². The van der Waals surface area contributed by atoms with Crippen molar-refractivity contribution in [3.8, 4) is 22.1 Å². The molecular formula is C22H21F3N2O4S. The second kappa shape index (κ2) is 10.5. The monoisotopic (exact) mass is 466 g/mol. The second-order valence-electron chi connectivity index (χ2n) is 6.60. The number of carbonyl (C=O) groups is 1. The highest BCUT2D eigenvalue weighted by Crippen LogP contribution is 2.36. The van der Waals surface area contributed by atoms with Gasteiger partial charge in [-0.2, -0.15) is 13.2 Å². The molecule has 3 aromatic rings. The number of nitrogens with one attached hydrogen (secondary N) is 1. The lowest BCUT2D eigenvalue weighted by atomic mass is 10.1. The van der Waals surface area contributed by atoms with E-state index in [0.717, 1.165) is 6.07 Å². The third-order valence-electron chi connectivity index (χ3n) is 4.45. The third-order valence-corrected chi connectivity index (χ3v) is 5.34. The molecule has 6 nitrogen and oxygen atoms in total. The second-order valence-corrected chi connectivity index (χ2v) is 7.45. The Labute approximate surface area is 187 Å². The van der Waals surface area contributed by atoms with E-state index in [1.54, 1.807) is 30.7 Å². The summed E-state index contributed by atoms with van der Waals surface area (Å²) in [5.74, 6) is 0.329. The van der Waals surface area contributed by atoms with Gasteiger partial charge in [-0.15, -0.1) is 11.3 Å². The van der Waals surface area contributed by atoms with Crippen LogP contribution >= 0.6 is 11.3 Å². The smallest absolute Gasteiger partial charge is 0.416 e. The maximum Gasteiger partial charge on any atom is 0.416 e. The van der Waals surface area contributed by atoms with Gasteiger partial charge in [-0.1, -0.05) is 18.2 Å².